The predicted octanol–water partition coefficient (Wildman–Crippen LogP) is 1.15. The molecule has 27 heavy (non-hydrogen) atoms. The zero-order valence-electron chi connectivity index (χ0n) is 15.8. The van der Waals surface area contributed by atoms with Crippen molar-refractivity contribution < 1.29 is 19.4 Å². The van der Waals surface area contributed by atoms with Gasteiger partial charge in [-0.1, -0.05) is 12.1 Å². The van der Waals surface area contributed by atoms with Crippen LogP contribution in [0.1, 0.15) is 25.7 Å². The Morgan fingerprint density at radius 2 is 1.56 bits per heavy atom. The first-order valence-electron chi connectivity index (χ1n) is 9.97. The number of hydrogen-bond donors (Lipinski definition) is 0. The van der Waals surface area contributed by atoms with Gasteiger partial charge in [-0.15, -0.1) is 0 Å². The topological polar surface area (TPSA) is 72.9 Å². The van der Waals surface area contributed by atoms with Crippen LogP contribution in [-0.4, -0.2) is 50.1 Å². The first kappa shape index (κ1) is 18.1. The number of aliphatic carboxylic acids is 1. The fourth-order valence-corrected chi connectivity index (χ4v) is 5.41. The summed E-state index contributed by atoms with van der Waals surface area (Å²) >= 11 is 0. The second kappa shape index (κ2) is 7.41. The maximum absolute atomic E-state index is 13.2. The van der Waals surface area contributed by atoms with Crippen LogP contribution in [0, 0.1) is 23.7 Å². The van der Waals surface area contributed by atoms with E-state index in [0.29, 0.717) is 13.1 Å². The Morgan fingerprint density at radius 1 is 0.963 bits per heavy atom. The molecule has 4 aliphatic rings. The van der Waals surface area contributed by atoms with Gasteiger partial charge in [0.1, 0.15) is 5.75 Å². The number of ether oxygens (including phenoxy) is 1. The van der Waals surface area contributed by atoms with E-state index in [4.69, 9.17) is 4.74 Å². The van der Waals surface area contributed by atoms with Crippen LogP contribution in [0.5, 0.6) is 5.75 Å². The van der Waals surface area contributed by atoms with Gasteiger partial charge in [0, 0.05) is 44.0 Å². The first-order chi connectivity index (χ1) is 13.1. The highest BCUT2D eigenvalue weighted by molar-refractivity contribution is 5.85. The molecular weight excluding hydrogens is 344 g/mol. The lowest BCUT2D eigenvalue weighted by Gasteiger charge is -2.50. The summed E-state index contributed by atoms with van der Waals surface area (Å²) in [7, 11) is 1.66. The first-order valence-corrected chi connectivity index (χ1v) is 9.97. The lowest BCUT2D eigenvalue weighted by molar-refractivity contribution is -0.318. The highest BCUT2D eigenvalue weighted by atomic mass is 16.5. The number of methoxy groups -OCH3 is 1. The molecule has 1 amide bonds. The van der Waals surface area contributed by atoms with Crippen molar-refractivity contribution in [1.82, 2.24) is 4.90 Å². The molecule has 1 aliphatic heterocycles. The van der Waals surface area contributed by atoms with E-state index in [-0.39, 0.29) is 23.7 Å². The van der Waals surface area contributed by atoms with Crippen molar-refractivity contribution in [2.45, 2.75) is 25.7 Å². The summed E-state index contributed by atoms with van der Waals surface area (Å²) in [5.41, 5.74) is 1.04. The Kier molecular flexibility index (Phi) is 4.98. The number of fused-ring (bicyclic) bond motifs is 3. The number of amides is 1. The van der Waals surface area contributed by atoms with Gasteiger partial charge in [0.05, 0.1) is 12.8 Å². The normalized spacial score (nSPS) is 30.3. The third-order valence-electron chi connectivity index (χ3n) is 6.79. The van der Waals surface area contributed by atoms with Crippen LogP contribution in [-0.2, 0) is 9.59 Å². The van der Waals surface area contributed by atoms with E-state index >= 15 is 0 Å². The minimum absolute atomic E-state index is 0.0262. The van der Waals surface area contributed by atoms with Gasteiger partial charge in [-0.05, 0) is 49.7 Å². The molecule has 0 spiro atoms. The quantitative estimate of drug-likeness (QED) is 0.794. The van der Waals surface area contributed by atoms with Gasteiger partial charge in [-0.2, -0.15) is 0 Å². The van der Waals surface area contributed by atoms with Gasteiger partial charge >= 0.3 is 0 Å². The molecule has 1 heterocycles. The molecule has 1 aromatic rings. The van der Waals surface area contributed by atoms with E-state index in [1.54, 1.807) is 7.11 Å². The molecule has 146 valence electrons. The molecule has 5 rings (SSSR count). The summed E-state index contributed by atoms with van der Waals surface area (Å²) in [5, 5.41) is 11.7. The maximum atomic E-state index is 13.2. The fourth-order valence-electron chi connectivity index (χ4n) is 5.41. The molecule has 1 aromatic carbocycles. The average molecular weight is 371 g/mol. The Morgan fingerprint density at radius 3 is 2.15 bits per heavy atom. The summed E-state index contributed by atoms with van der Waals surface area (Å²) in [6.07, 6.45) is 3.81. The SMILES string of the molecule is COc1ccccc1N1CCN(C(=O)[C@H]2C3CCC(CC3)[C@@H]2C(=O)[O-])CC1. The van der Waals surface area contributed by atoms with Crippen molar-refractivity contribution in [3.8, 4) is 5.75 Å². The molecule has 2 atom stereocenters. The summed E-state index contributed by atoms with van der Waals surface area (Å²) in [5.74, 6) is -0.841. The molecule has 6 nitrogen and oxygen atoms in total. The summed E-state index contributed by atoms with van der Waals surface area (Å²) < 4.78 is 5.45. The van der Waals surface area contributed by atoms with Crippen molar-refractivity contribution in [2.24, 2.45) is 23.7 Å². The molecule has 1 saturated heterocycles. The van der Waals surface area contributed by atoms with Gasteiger partial charge in [-0.25, -0.2) is 0 Å². The number of anilines is 1. The van der Waals surface area contributed by atoms with Crippen molar-refractivity contribution in [1.29, 1.82) is 0 Å². The van der Waals surface area contributed by atoms with E-state index in [2.05, 4.69) is 4.90 Å². The fraction of sp³-hybridized carbons (Fsp3) is 0.619. The van der Waals surface area contributed by atoms with Crippen LogP contribution in [0.25, 0.3) is 0 Å². The standard InChI is InChI=1S/C21H28N2O4/c1-27-17-5-3-2-4-16(17)22-10-12-23(13-11-22)20(24)18-14-6-8-15(9-7-14)19(18)21(25)26/h2-5,14-15,18-19H,6-13H2,1H3,(H,25,26)/p-1/t14?,15?,18-,19-/m0/s1. The Balaban J connectivity index is 1.45. The van der Waals surface area contributed by atoms with E-state index in [1.165, 1.54) is 0 Å². The van der Waals surface area contributed by atoms with Gasteiger partial charge in [0.15, 0.2) is 0 Å². The van der Waals surface area contributed by atoms with Crippen LogP contribution < -0.4 is 14.7 Å². The molecule has 3 saturated carbocycles. The number of piperazine rings is 1. The number of para-hydroxylation sites is 2. The summed E-state index contributed by atoms with van der Waals surface area (Å²) in [6, 6.07) is 7.90. The second-order valence-corrected chi connectivity index (χ2v) is 8.03. The molecule has 6 heteroatoms. The molecular formula is C21H27N2O4-. The highest BCUT2D eigenvalue weighted by Gasteiger charge is 2.48. The van der Waals surface area contributed by atoms with Gasteiger partial charge in [-0.3, -0.25) is 4.79 Å². The number of rotatable bonds is 4. The number of carboxylic acid groups (broad SMARTS) is 1. The van der Waals surface area contributed by atoms with Crippen molar-refractivity contribution in [3.05, 3.63) is 24.3 Å². The molecule has 3 aliphatic carbocycles. The number of carboxylic acids is 1. The molecule has 4 fully saturated rings. The van der Waals surface area contributed by atoms with Crippen molar-refractivity contribution in [2.75, 3.05) is 38.2 Å². The van der Waals surface area contributed by atoms with E-state index < -0.39 is 11.9 Å². The van der Waals surface area contributed by atoms with Crippen molar-refractivity contribution in [3.63, 3.8) is 0 Å². The molecule has 2 bridgehead atoms. The molecule has 0 unspecified atom stereocenters. The molecule has 0 N–H and O–H groups in total. The minimum atomic E-state index is -1.03. The van der Waals surface area contributed by atoms with Crippen LogP contribution in [0.2, 0.25) is 0 Å². The van der Waals surface area contributed by atoms with Crippen LogP contribution in [0.15, 0.2) is 24.3 Å². The van der Waals surface area contributed by atoms with Crippen LogP contribution in [0.3, 0.4) is 0 Å². The Bertz CT molecular complexity index is 706. The second-order valence-electron chi connectivity index (χ2n) is 8.03. The third kappa shape index (κ3) is 3.26. The number of nitrogens with zero attached hydrogens (tertiary/aromatic N) is 2. The lowest BCUT2D eigenvalue weighted by atomic mass is 9.58. The van der Waals surface area contributed by atoms with Crippen molar-refractivity contribution >= 4 is 17.6 Å². The largest absolute Gasteiger partial charge is 0.550 e. The Hall–Kier alpha value is -2.24. The van der Waals surface area contributed by atoms with Crippen LogP contribution in [0.4, 0.5) is 5.69 Å². The number of hydrogen-bond acceptors (Lipinski definition) is 5. The minimum Gasteiger partial charge on any atom is -0.550 e. The van der Waals surface area contributed by atoms with Crippen LogP contribution >= 0.6 is 0 Å². The van der Waals surface area contributed by atoms with E-state index in [9.17, 15) is 14.7 Å². The van der Waals surface area contributed by atoms with E-state index in [0.717, 1.165) is 50.2 Å². The average Bonchev–Trinajstić information content (AvgIpc) is 2.73. The van der Waals surface area contributed by atoms with E-state index in [1.807, 2.05) is 29.2 Å². The summed E-state index contributed by atoms with van der Waals surface area (Å²) in [6.45, 7) is 2.68. The Labute approximate surface area is 160 Å². The molecule has 0 aromatic heterocycles. The number of carbonyl (C=O) groups excluding carboxylic acids is 2. The number of carbonyl (C=O) groups is 2. The smallest absolute Gasteiger partial charge is 0.226 e. The molecule has 0 radical (unpaired) electrons. The van der Waals surface area contributed by atoms with Gasteiger partial charge in [0.25, 0.3) is 0 Å². The zero-order valence-corrected chi connectivity index (χ0v) is 15.8. The summed E-state index contributed by atoms with van der Waals surface area (Å²) in [4.78, 5) is 29.1. The highest BCUT2D eigenvalue weighted by Crippen LogP contribution is 2.49. The van der Waals surface area contributed by atoms with Gasteiger partial charge in [0.2, 0.25) is 5.91 Å². The number of benzene rings is 1. The third-order valence-corrected chi connectivity index (χ3v) is 6.79. The van der Waals surface area contributed by atoms with Gasteiger partial charge < -0.3 is 24.4 Å². The lowest BCUT2D eigenvalue weighted by Crippen LogP contribution is -2.57. The monoisotopic (exact) mass is 371 g/mol. The maximum Gasteiger partial charge on any atom is 0.226 e. The zero-order chi connectivity index (χ0) is 19.0. The predicted molar refractivity (Wildman–Crippen MR) is 99.2 cm³/mol.